The first-order valence-electron chi connectivity index (χ1n) is 8.47. The molecule has 0 radical (unpaired) electrons. The van der Waals surface area contributed by atoms with Crippen LogP contribution in [-0.2, 0) is 30.8 Å². The van der Waals surface area contributed by atoms with E-state index >= 15 is 0 Å². The highest BCUT2D eigenvalue weighted by Crippen LogP contribution is 2.47. The van der Waals surface area contributed by atoms with E-state index in [-0.39, 0.29) is 5.56 Å². The van der Waals surface area contributed by atoms with E-state index in [2.05, 4.69) is 0 Å². The van der Waals surface area contributed by atoms with Gasteiger partial charge in [-0.1, -0.05) is 42.5 Å². The fraction of sp³-hybridized carbons (Fsp3) is 0.0500. The van der Waals surface area contributed by atoms with Crippen molar-refractivity contribution in [3.8, 4) is 0 Å². The third kappa shape index (κ3) is 3.17. The smallest absolute Gasteiger partial charge is 0.340 e. The Morgan fingerprint density at radius 1 is 0.667 bits per heavy atom. The maximum Gasteiger partial charge on any atom is 0.340 e. The molecule has 1 aliphatic heterocycles. The Morgan fingerprint density at radius 3 is 1.53 bits per heavy atom. The van der Waals surface area contributed by atoms with Crippen molar-refractivity contribution in [2.45, 2.75) is 15.4 Å². The van der Waals surface area contributed by atoms with Gasteiger partial charge < -0.3 is 4.74 Å². The summed E-state index contributed by atoms with van der Waals surface area (Å²) in [7, 11) is -9.87. The van der Waals surface area contributed by atoms with Crippen LogP contribution >= 0.6 is 0 Å². The molecule has 4 rings (SSSR count). The summed E-state index contributed by atoms with van der Waals surface area (Å²) in [6.07, 6.45) is 0. The van der Waals surface area contributed by atoms with Crippen molar-refractivity contribution < 1.29 is 34.1 Å². The molecule has 0 fully saturated rings. The van der Waals surface area contributed by atoms with Gasteiger partial charge >= 0.3 is 26.4 Å². The largest absolute Gasteiger partial charge is 0.441 e. The Hall–Kier alpha value is -3.11. The van der Waals surface area contributed by atoms with Gasteiger partial charge in [0, 0.05) is 16.7 Å². The number of cyclic esters (lactones) is 1. The summed E-state index contributed by atoms with van der Waals surface area (Å²) in [5.74, 6) is -0.657. The fourth-order valence-electron chi connectivity index (χ4n) is 3.52. The van der Waals surface area contributed by atoms with Crippen molar-refractivity contribution in [1.82, 2.24) is 0 Å². The summed E-state index contributed by atoms with van der Waals surface area (Å²) >= 11 is 0. The molecule has 3 aromatic carbocycles. The van der Waals surface area contributed by atoms with Gasteiger partial charge in [0.2, 0.25) is 0 Å². The molecule has 6 nitrogen and oxygen atoms in total. The number of carbonyl (C=O) groups is 1. The van der Waals surface area contributed by atoms with Crippen molar-refractivity contribution in [2.75, 3.05) is 0 Å². The molecular formula is C20H12F2O6S2. The quantitative estimate of drug-likeness (QED) is 0.446. The molecule has 0 bridgehead atoms. The molecule has 0 saturated heterocycles. The third-order valence-electron chi connectivity index (χ3n) is 4.86. The predicted octanol–water partition coefficient (Wildman–Crippen LogP) is 3.47. The van der Waals surface area contributed by atoms with Gasteiger partial charge in [0.25, 0.3) is 0 Å². The molecule has 0 atom stereocenters. The second-order valence-corrected chi connectivity index (χ2v) is 9.23. The van der Waals surface area contributed by atoms with Crippen molar-refractivity contribution in [3.63, 3.8) is 0 Å². The van der Waals surface area contributed by atoms with Gasteiger partial charge in [-0.2, -0.15) is 16.8 Å². The van der Waals surface area contributed by atoms with E-state index in [9.17, 15) is 29.4 Å². The summed E-state index contributed by atoms with van der Waals surface area (Å²) in [6, 6.07) is 15.8. The van der Waals surface area contributed by atoms with Crippen LogP contribution in [0.15, 0.2) is 82.6 Å². The van der Waals surface area contributed by atoms with Gasteiger partial charge in [-0.15, -0.1) is 7.77 Å². The minimum Gasteiger partial charge on any atom is -0.441 e. The van der Waals surface area contributed by atoms with Crippen LogP contribution in [0, 0.1) is 0 Å². The molecule has 0 spiro atoms. The van der Waals surface area contributed by atoms with Crippen LogP contribution in [-0.4, -0.2) is 22.8 Å². The highest BCUT2D eigenvalue weighted by Gasteiger charge is 2.48. The highest BCUT2D eigenvalue weighted by molar-refractivity contribution is 7.86. The van der Waals surface area contributed by atoms with E-state index in [0.717, 1.165) is 24.3 Å². The molecule has 154 valence electrons. The van der Waals surface area contributed by atoms with Crippen LogP contribution in [0.25, 0.3) is 0 Å². The number of hydrogen-bond donors (Lipinski definition) is 0. The van der Waals surface area contributed by atoms with Gasteiger partial charge in [-0.25, -0.2) is 4.79 Å². The van der Waals surface area contributed by atoms with Crippen molar-refractivity contribution >= 4 is 26.4 Å². The Balaban J connectivity index is 1.97. The van der Waals surface area contributed by atoms with E-state index < -0.39 is 41.8 Å². The lowest BCUT2D eigenvalue weighted by atomic mass is 9.80. The van der Waals surface area contributed by atoms with Crippen LogP contribution in [0.1, 0.15) is 27.0 Å². The van der Waals surface area contributed by atoms with E-state index in [0.29, 0.717) is 16.7 Å². The van der Waals surface area contributed by atoms with E-state index in [1.54, 1.807) is 24.3 Å². The van der Waals surface area contributed by atoms with Gasteiger partial charge in [-0.05, 0) is 30.3 Å². The van der Waals surface area contributed by atoms with Gasteiger partial charge in [-0.3, -0.25) is 0 Å². The SMILES string of the molecule is O=C1OC(c2ccc(S(=O)(=O)F)cc2)(c2ccc(S(=O)(=O)F)cc2)c2ccccc21. The number of ether oxygens (including phenoxy) is 1. The molecule has 10 heteroatoms. The molecule has 0 aromatic heterocycles. The lowest BCUT2D eigenvalue weighted by Crippen LogP contribution is -2.29. The minimum absolute atomic E-state index is 0.252. The van der Waals surface area contributed by atoms with Crippen molar-refractivity contribution in [3.05, 3.63) is 95.1 Å². The summed E-state index contributed by atoms with van der Waals surface area (Å²) < 4.78 is 76.9. The molecular weight excluding hydrogens is 438 g/mol. The predicted molar refractivity (Wildman–Crippen MR) is 101 cm³/mol. The van der Waals surface area contributed by atoms with Gasteiger partial charge in [0.05, 0.1) is 15.4 Å². The Bertz CT molecular complexity index is 1290. The lowest BCUT2D eigenvalue weighted by molar-refractivity contribution is 0.0251. The van der Waals surface area contributed by atoms with Crippen molar-refractivity contribution in [1.29, 1.82) is 0 Å². The number of hydrogen-bond acceptors (Lipinski definition) is 6. The van der Waals surface area contributed by atoms with Crippen LogP contribution in [0.2, 0.25) is 0 Å². The molecule has 0 amide bonds. The molecule has 0 aliphatic carbocycles. The standard InChI is InChI=1S/C20H12F2O6S2/c21-29(24,25)15-9-5-13(6-10-15)20(14-7-11-16(12-8-14)30(22,26)27)18-4-2-1-3-17(18)19(23)28-20/h1-12H. The molecule has 0 unspecified atom stereocenters. The zero-order valence-corrected chi connectivity index (χ0v) is 16.6. The highest BCUT2D eigenvalue weighted by atomic mass is 32.3. The van der Waals surface area contributed by atoms with Crippen LogP contribution in [0.4, 0.5) is 7.77 Å². The van der Waals surface area contributed by atoms with E-state index in [4.69, 9.17) is 4.74 Å². The Morgan fingerprint density at radius 2 is 1.10 bits per heavy atom. The maximum absolute atomic E-state index is 13.3. The molecule has 30 heavy (non-hydrogen) atoms. The zero-order valence-electron chi connectivity index (χ0n) is 15.0. The van der Waals surface area contributed by atoms with Crippen LogP contribution in [0.5, 0.6) is 0 Å². The number of carbonyl (C=O) groups excluding carboxylic acids is 1. The fourth-order valence-corrected chi connectivity index (χ4v) is 4.44. The Kier molecular flexibility index (Phi) is 4.51. The lowest BCUT2D eigenvalue weighted by Gasteiger charge is -2.30. The third-order valence-corrected chi connectivity index (χ3v) is 6.53. The summed E-state index contributed by atoms with van der Waals surface area (Å²) in [4.78, 5) is 11.4. The average Bonchev–Trinajstić information content (AvgIpc) is 3.01. The van der Waals surface area contributed by atoms with Gasteiger partial charge in [0.15, 0.2) is 5.60 Å². The maximum atomic E-state index is 13.3. The summed E-state index contributed by atoms with van der Waals surface area (Å²) in [6.45, 7) is 0. The normalized spacial score (nSPS) is 15.5. The Labute approximate surface area is 171 Å². The number of esters is 1. The second kappa shape index (κ2) is 6.71. The zero-order chi connectivity index (χ0) is 21.7. The van der Waals surface area contributed by atoms with Crippen LogP contribution < -0.4 is 0 Å². The topological polar surface area (TPSA) is 94.6 Å². The van der Waals surface area contributed by atoms with Gasteiger partial charge in [0.1, 0.15) is 0 Å². The molecule has 1 aliphatic rings. The first kappa shape index (κ1) is 20.2. The first-order valence-corrected chi connectivity index (χ1v) is 11.2. The molecule has 0 N–H and O–H groups in total. The van der Waals surface area contributed by atoms with E-state index in [1.165, 1.54) is 24.3 Å². The van der Waals surface area contributed by atoms with E-state index in [1.807, 2.05) is 0 Å². The minimum atomic E-state index is -4.94. The number of benzene rings is 3. The van der Waals surface area contributed by atoms with Crippen molar-refractivity contribution in [2.24, 2.45) is 0 Å². The summed E-state index contributed by atoms with van der Waals surface area (Å²) in [5, 5.41) is 0. The first-order chi connectivity index (χ1) is 14.0. The molecule has 3 aromatic rings. The van der Waals surface area contributed by atoms with Crippen LogP contribution in [0.3, 0.4) is 0 Å². The molecule has 0 saturated carbocycles. The number of fused-ring (bicyclic) bond motifs is 1. The average molecular weight is 450 g/mol. The number of halogens is 2. The number of rotatable bonds is 4. The molecule has 1 heterocycles. The monoisotopic (exact) mass is 450 g/mol. The second-order valence-electron chi connectivity index (χ2n) is 6.54. The summed E-state index contributed by atoms with van der Waals surface area (Å²) in [5.41, 5.74) is -0.304.